The molecular weight excluding hydrogens is 311 g/mol. The number of hydrogen-bond acceptors (Lipinski definition) is 6. The van der Waals surface area contributed by atoms with Crippen LogP contribution in [0.4, 0.5) is 0 Å². The second-order valence-corrected chi connectivity index (χ2v) is 6.73. The van der Waals surface area contributed by atoms with E-state index in [1.54, 1.807) is 12.1 Å². The maximum Gasteiger partial charge on any atom is 0.492 e. The summed E-state index contributed by atoms with van der Waals surface area (Å²) in [5.41, 5.74) is 0.162. The van der Waals surface area contributed by atoms with Gasteiger partial charge in [-0.15, -0.1) is 0 Å². The predicted molar refractivity (Wildman–Crippen MR) is 90.6 cm³/mol. The summed E-state index contributed by atoms with van der Waals surface area (Å²) in [4.78, 5) is 11.7. The number of aliphatic hydroxyl groups excluding tert-OH is 1. The lowest BCUT2D eigenvalue weighted by Gasteiger charge is -2.32. The van der Waals surface area contributed by atoms with Crippen LogP contribution in [0, 0.1) is 0 Å². The smallest absolute Gasteiger partial charge is 0.492 e. The van der Waals surface area contributed by atoms with Gasteiger partial charge < -0.3 is 24.3 Å². The van der Waals surface area contributed by atoms with E-state index < -0.39 is 24.3 Å². The fourth-order valence-electron chi connectivity index (χ4n) is 2.31. The van der Waals surface area contributed by atoms with Crippen LogP contribution in [0.5, 0.6) is 5.75 Å². The molecule has 7 heteroatoms. The molecule has 0 amide bonds. The molecule has 0 aromatic heterocycles. The number of rotatable bonds is 4. The van der Waals surface area contributed by atoms with Crippen LogP contribution in [0.15, 0.2) is 23.7 Å². The lowest BCUT2D eigenvalue weighted by atomic mass is 9.77. The van der Waals surface area contributed by atoms with Gasteiger partial charge >= 0.3 is 13.1 Å². The first-order valence-electron chi connectivity index (χ1n) is 7.69. The first-order chi connectivity index (χ1) is 11.1. The van der Waals surface area contributed by atoms with Gasteiger partial charge in [0.15, 0.2) is 0 Å². The van der Waals surface area contributed by atoms with Gasteiger partial charge in [-0.1, -0.05) is 12.1 Å². The number of esters is 1. The van der Waals surface area contributed by atoms with Crippen molar-refractivity contribution in [3.63, 3.8) is 0 Å². The number of methoxy groups -OCH3 is 1. The fourth-order valence-corrected chi connectivity index (χ4v) is 2.31. The molecule has 2 rings (SSSR count). The van der Waals surface area contributed by atoms with Gasteiger partial charge in [0.25, 0.3) is 0 Å². The molecule has 6 nitrogen and oxygen atoms in total. The highest BCUT2D eigenvalue weighted by Crippen LogP contribution is 2.38. The maximum atomic E-state index is 11.7. The Hall–Kier alpha value is -1.83. The minimum absolute atomic E-state index is 0.0532. The number of aliphatic hydroxyl groups is 1. The standard InChI is InChI=1S/C17H23BO6/c1-16(2)17(3,4)24-18(23-16)12(10-19)8-11-6-7-14(20)13(9-11)15(21)22-5/h6-9,19-20H,10H2,1-5H3. The normalized spacial score (nSPS) is 19.4. The molecule has 0 bridgehead atoms. The third-order valence-electron chi connectivity index (χ3n) is 4.52. The Morgan fingerprint density at radius 1 is 1.25 bits per heavy atom. The molecule has 1 aliphatic rings. The quantitative estimate of drug-likeness (QED) is 0.648. The Labute approximate surface area is 142 Å². The van der Waals surface area contributed by atoms with Crippen LogP contribution in [-0.2, 0) is 14.0 Å². The number of benzene rings is 1. The predicted octanol–water partition coefficient (Wildman–Crippen LogP) is 2.19. The number of aromatic hydroxyl groups is 1. The van der Waals surface area contributed by atoms with Gasteiger partial charge in [-0.3, -0.25) is 0 Å². The molecule has 1 heterocycles. The van der Waals surface area contributed by atoms with Crippen LogP contribution >= 0.6 is 0 Å². The van der Waals surface area contributed by atoms with Gasteiger partial charge in [-0.25, -0.2) is 4.79 Å². The van der Waals surface area contributed by atoms with E-state index in [0.29, 0.717) is 11.0 Å². The SMILES string of the molecule is COC(=O)c1cc(C=C(CO)B2OC(C)(C)C(C)(C)O2)ccc1O. The van der Waals surface area contributed by atoms with Gasteiger partial charge in [0.1, 0.15) is 11.3 Å². The highest BCUT2D eigenvalue weighted by Gasteiger charge is 2.52. The Balaban J connectivity index is 2.34. The highest BCUT2D eigenvalue weighted by molar-refractivity contribution is 6.55. The van der Waals surface area contributed by atoms with Crippen molar-refractivity contribution >= 4 is 19.2 Å². The minimum atomic E-state index is -0.685. The first kappa shape index (κ1) is 18.5. The molecule has 1 fully saturated rings. The summed E-state index contributed by atoms with van der Waals surface area (Å²) in [5.74, 6) is -0.802. The van der Waals surface area contributed by atoms with Gasteiger partial charge in [-0.05, 0) is 50.9 Å². The minimum Gasteiger partial charge on any atom is -0.507 e. The zero-order chi connectivity index (χ0) is 18.1. The molecule has 0 spiro atoms. The summed E-state index contributed by atoms with van der Waals surface area (Å²) in [6, 6.07) is 4.52. The fraction of sp³-hybridized carbons (Fsp3) is 0.471. The number of carbonyl (C=O) groups is 1. The first-order valence-corrected chi connectivity index (χ1v) is 7.69. The molecule has 0 atom stereocenters. The number of ether oxygens (including phenoxy) is 1. The molecule has 2 N–H and O–H groups in total. The molecule has 0 saturated carbocycles. The highest BCUT2D eigenvalue weighted by atomic mass is 16.7. The van der Waals surface area contributed by atoms with Crippen LogP contribution < -0.4 is 0 Å². The average Bonchev–Trinajstić information content (AvgIpc) is 2.73. The number of carbonyl (C=O) groups excluding carboxylic acids is 1. The summed E-state index contributed by atoms with van der Waals surface area (Å²) in [5, 5.41) is 19.5. The van der Waals surface area contributed by atoms with Gasteiger partial charge in [-0.2, -0.15) is 0 Å². The molecule has 0 radical (unpaired) electrons. The van der Waals surface area contributed by atoms with Crippen molar-refractivity contribution in [2.24, 2.45) is 0 Å². The van der Waals surface area contributed by atoms with Crippen molar-refractivity contribution < 1.29 is 29.1 Å². The van der Waals surface area contributed by atoms with Crippen molar-refractivity contribution in [1.29, 1.82) is 0 Å². The summed E-state index contributed by atoms with van der Waals surface area (Å²) in [6.45, 7) is 7.46. The summed E-state index contributed by atoms with van der Waals surface area (Å²) >= 11 is 0. The van der Waals surface area contributed by atoms with Crippen molar-refractivity contribution in [2.75, 3.05) is 13.7 Å². The Morgan fingerprint density at radius 3 is 2.33 bits per heavy atom. The van der Waals surface area contributed by atoms with Crippen LogP contribution in [-0.4, -0.2) is 48.2 Å². The second kappa shape index (κ2) is 6.59. The number of phenols is 1. The molecule has 0 aliphatic carbocycles. The van der Waals surface area contributed by atoms with Crippen molar-refractivity contribution in [1.82, 2.24) is 0 Å². The molecule has 1 aromatic rings. The Bertz CT molecular complexity index is 649. The average molecular weight is 334 g/mol. The maximum absolute atomic E-state index is 11.7. The molecule has 1 aliphatic heterocycles. The Morgan fingerprint density at radius 2 is 1.83 bits per heavy atom. The molecule has 1 saturated heterocycles. The van der Waals surface area contributed by atoms with E-state index in [-0.39, 0.29) is 17.9 Å². The lowest BCUT2D eigenvalue weighted by molar-refractivity contribution is 0.00578. The third kappa shape index (κ3) is 3.48. The van der Waals surface area contributed by atoms with Crippen molar-refractivity contribution in [2.45, 2.75) is 38.9 Å². The van der Waals surface area contributed by atoms with E-state index in [2.05, 4.69) is 4.74 Å². The van der Waals surface area contributed by atoms with Gasteiger partial charge in [0.05, 0.1) is 24.9 Å². The molecule has 0 unspecified atom stereocenters. The Kier molecular flexibility index (Phi) is 5.08. The van der Waals surface area contributed by atoms with E-state index in [1.807, 2.05) is 27.7 Å². The van der Waals surface area contributed by atoms with Gasteiger partial charge in [0.2, 0.25) is 0 Å². The number of phenolic OH excluding ortho intramolecular Hbond substituents is 1. The summed E-state index contributed by atoms with van der Waals surface area (Å²) in [6.07, 6.45) is 1.67. The molecule has 1 aromatic carbocycles. The molecular formula is C17H23BO6. The van der Waals surface area contributed by atoms with E-state index >= 15 is 0 Å². The monoisotopic (exact) mass is 334 g/mol. The third-order valence-corrected chi connectivity index (χ3v) is 4.52. The zero-order valence-corrected chi connectivity index (χ0v) is 14.6. The second-order valence-electron chi connectivity index (χ2n) is 6.73. The van der Waals surface area contributed by atoms with E-state index in [9.17, 15) is 15.0 Å². The summed E-state index contributed by atoms with van der Waals surface area (Å²) < 4.78 is 16.5. The van der Waals surface area contributed by atoms with Crippen molar-refractivity contribution in [3.05, 3.63) is 34.8 Å². The topological polar surface area (TPSA) is 85.2 Å². The van der Waals surface area contributed by atoms with Crippen LogP contribution in [0.1, 0.15) is 43.6 Å². The number of hydrogen-bond donors (Lipinski definition) is 2. The lowest BCUT2D eigenvalue weighted by Crippen LogP contribution is -2.41. The molecule has 24 heavy (non-hydrogen) atoms. The zero-order valence-electron chi connectivity index (χ0n) is 14.6. The largest absolute Gasteiger partial charge is 0.507 e. The van der Waals surface area contributed by atoms with Crippen LogP contribution in [0.25, 0.3) is 6.08 Å². The molecule has 130 valence electrons. The van der Waals surface area contributed by atoms with Crippen LogP contribution in [0.3, 0.4) is 0 Å². The van der Waals surface area contributed by atoms with E-state index in [1.165, 1.54) is 19.2 Å². The van der Waals surface area contributed by atoms with E-state index in [0.717, 1.165) is 0 Å². The van der Waals surface area contributed by atoms with Crippen LogP contribution in [0.2, 0.25) is 0 Å². The van der Waals surface area contributed by atoms with Crippen molar-refractivity contribution in [3.8, 4) is 5.75 Å². The van der Waals surface area contributed by atoms with E-state index in [4.69, 9.17) is 9.31 Å². The van der Waals surface area contributed by atoms with Gasteiger partial charge in [0, 0.05) is 0 Å². The summed E-state index contributed by atoms with van der Waals surface area (Å²) in [7, 11) is 0.559.